The first kappa shape index (κ1) is 11.8. The maximum absolute atomic E-state index is 6.01. The highest BCUT2D eigenvalue weighted by Crippen LogP contribution is 2.25. The maximum Gasteiger partial charge on any atom is 0.0648 e. The number of halogens is 2. The van der Waals surface area contributed by atoms with E-state index in [1.807, 2.05) is 25.1 Å². The van der Waals surface area contributed by atoms with E-state index in [9.17, 15) is 0 Å². The minimum absolute atomic E-state index is 0.697. The average molecular weight is 279 g/mol. The van der Waals surface area contributed by atoms with Crippen LogP contribution in [0.15, 0.2) is 22.7 Å². The maximum atomic E-state index is 6.01. The molecule has 1 rings (SSSR count). The molecule has 0 aromatic heterocycles. The molecular formula is C10H13BrClNO. The zero-order valence-corrected chi connectivity index (χ0v) is 10.4. The van der Waals surface area contributed by atoms with Crippen molar-refractivity contribution in [2.45, 2.75) is 6.92 Å². The Balaban J connectivity index is 2.42. The summed E-state index contributed by atoms with van der Waals surface area (Å²) >= 11 is 9.36. The number of anilines is 1. The monoisotopic (exact) mass is 277 g/mol. The van der Waals surface area contributed by atoms with Crippen LogP contribution in [-0.2, 0) is 4.74 Å². The molecule has 0 amide bonds. The summed E-state index contributed by atoms with van der Waals surface area (Å²) in [5.74, 6) is 0. The number of benzene rings is 1. The molecule has 0 aliphatic heterocycles. The molecule has 0 bridgehead atoms. The molecule has 0 atom stereocenters. The van der Waals surface area contributed by atoms with Crippen LogP contribution >= 0.6 is 27.5 Å². The Labute approximate surface area is 97.7 Å². The molecule has 0 saturated heterocycles. The molecule has 14 heavy (non-hydrogen) atoms. The van der Waals surface area contributed by atoms with Gasteiger partial charge in [-0.25, -0.2) is 0 Å². The van der Waals surface area contributed by atoms with Crippen LogP contribution in [0.2, 0.25) is 5.02 Å². The summed E-state index contributed by atoms with van der Waals surface area (Å²) in [5.41, 5.74) is 0.939. The van der Waals surface area contributed by atoms with Gasteiger partial charge in [-0.1, -0.05) is 27.5 Å². The van der Waals surface area contributed by atoms with Crippen LogP contribution in [0.1, 0.15) is 6.92 Å². The smallest absolute Gasteiger partial charge is 0.0648 e. The Bertz CT molecular complexity index is 293. The van der Waals surface area contributed by atoms with Gasteiger partial charge in [0, 0.05) is 17.6 Å². The van der Waals surface area contributed by atoms with Crippen molar-refractivity contribution < 1.29 is 4.74 Å². The molecule has 1 aromatic rings. The van der Waals surface area contributed by atoms with E-state index in [4.69, 9.17) is 16.3 Å². The first-order chi connectivity index (χ1) is 6.74. The third kappa shape index (κ3) is 3.86. The first-order valence-electron chi connectivity index (χ1n) is 4.50. The quantitative estimate of drug-likeness (QED) is 0.832. The van der Waals surface area contributed by atoms with E-state index in [-0.39, 0.29) is 0 Å². The SMILES string of the molecule is CCOCCNc1ccc(Br)cc1Cl. The fraction of sp³-hybridized carbons (Fsp3) is 0.400. The van der Waals surface area contributed by atoms with Crippen molar-refractivity contribution in [2.24, 2.45) is 0 Å². The standard InChI is InChI=1S/C10H13BrClNO/c1-2-14-6-5-13-10-4-3-8(11)7-9(10)12/h3-4,7,13H,2,5-6H2,1H3. The van der Waals surface area contributed by atoms with Crippen LogP contribution in [0.3, 0.4) is 0 Å². The highest BCUT2D eigenvalue weighted by Gasteiger charge is 1.99. The lowest BCUT2D eigenvalue weighted by molar-refractivity contribution is 0.158. The molecule has 0 fully saturated rings. The van der Waals surface area contributed by atoms with E-state index in [0.29, 0.717) is 6.61 Å². The van der Waals surface area contributed by atoms with Crippen molar-refractivity contribution in [1.29, 1.82) is 0 Å². The fourth-order valence-electron chi connectivity index (χ4n) is 1.04. The van der Waals surface area contributed by atoms with Crippen LogP contribution in [-0.4, -0.2) is 19.8 Å². The Morgan fingerprint density at radius 2 is 2.29 bits per heavy atom. The molecule has 4 heteroatoms. The van der Waals surface area contributed by atoms with E-state index in [2.05, 4.69) is 21.2 Å². The summed E-state index contributed by atoms with van der Waals surface area (Å²) in [7, 11) is 0. The Morgan fingerprint density at radius 3 is 2.93 bits per heavy atom. The van der Waals surface area contributed by atoms with Gasteiger partial charge < -0.3 is 10.1 Å². The molecule has 0 saturated carbocycles. The number of ether oxygens (including phenoxy) is 1. The predicted octanol–water partition coefficient (Wildman–Crippen LogP) is 3.55. The van der Waals surface area contributed by atoms with Crippen molar-refractivity contribution in [3.8, 4) is 0 Å². The second-order valence-electron chi connectivity index (χ2n) is 2.75. The molecule has 2 nitrogen and oxygen atoms in total. The van der Waals surface area contributed by atoms with Crippen molar-refractivity contribution in [3.05, 3.63) is 27.7 Å². The van der Waals surface area contributed by atoms with Crippen molar-refractivity contribution >= 4 is 33.2 Å². The van der Waals surface area contributed by atoms with Crippen LogP contribution in [0.25, 0.3) is 0 Å². The van der Waals surface area contributed by atoms with Gasteiger partial charge in [0.05, 0.1) is 17.3 Å². The van der Waals surface area contributed by atoms with E-state index < -0.39 is 0 Å². The van der Waals surface area contributed by atoms with Gasteiger partial charge in [0.1, 0.15) is 0 Å². The molecule has 0 aliphatic rings. The molecule has 0 heterocycles. The summed E-state index contributed by atoms with van der Waals surface area (Å²) in [6.07, 6.45) is 0. The molecule has 0 unspecified atom stereocenters. The molecule has 1 aromatic carbocycles. The number of hydrogen-bond donors (Lipinski definition) is 1. The summed E-state index contributed by atoms with van der Waals surface area (Å²) in [6, 6.07) is 5.76. The van der Waals surface area contributed by atoms with Gasteiger partial charge in [-0.2, -0.15) is 0 Å². The van der Waals surface area contributed by atoms with Gasteiger partial charge in [-0.05, 0) is 25.1 Å². The minimum atomic E-state index is 0.697. The minimum Gasteiger partial charge on any atom is -0.382 e. The third-order valence-corrected chi connectivity index (χ3v) is 2.50. The summed E-state index contributed by atoms with van der Waals surface area (Å²) in [5, 5.41) is 3.92. The molecular weight excluding hydrogens is 265 g/mol. The lowest BCUT2D eigenvalue weighted by atomic mass is 10.3. The Kier molecular flexibility index (Phi) is 5.30. The first-order valence-corrected chi connectivity index (χ1v) is 5.67. The second kappa shape index (κ2) is 6.27. The number of rotatable bonds is 5. The van der Waals surface area contributed by atoms with Gasteiger partial charge in [0.2, 0.25) is 0 Å². The van der Waals surface area contributed by atoms with Gasteiger partial charge in [-0.15, -0.1) is 0 Å². The number of hydrogen-bond acceptors (Lipinski definition) is 2. The second-order valence-corrected chi connectivity index (χ2v) is 4.07. The normalized spacial score (nSPS) is 10.2. The van der Waals surface area contributed by atoms with Crippen molar-refractivity contribution in [2.75, 3.05) is 25.1 Å². The van der Waals surface area contributed by atoms with Crippen LogP contribution in [0, 0.1) is 0 Å². The zero-order chi connectivity index (χ0) is 10.4. The van der Waals surface area contributed by atoms with E-state index >= 15 is 0 Å². The van der Waals surface area contributed by atoms with Crippen molar-refractivity contribution in [1.82, 2.24) is 0 Å². The van der Waals surface area contributed by atoms with Crippen LogP contribution in [0.5, 0.6) is 0 Å². The van der Waals surface area contributed by atoms with Gasteiger partial charge in [0.15, 0.2) is 0 Å². The van der Waals surface area contributed by atoms with Gasteiger partial charge >= 0.3 is 0 Å². The topological polar surface area (TPSA) is 21.3 Å². The molecule has 0 spiro atoms. The largest absolute Gasteiger partial charge is 0.382 e. The lowest BCUT2D eigenvalue weighted by Gasteiger charge is -2.08. The Hall–Kier alpha value is -0.250. The van der Waals surface area contributed by atoms with Gasteiger partial charge in [-0.3, -0.25) is 0 Å². The predicted molar refractivity (Wildman–Crippen MR) is 64.1 cm³/mol. The average Bonchev–Trinajstić information content (AvgIpc) is 2.15. The molecule has 78 valence electrons. The summed E-state index contributed by atoms with van der Waals surface area (Å²) in [6.45, 7) is 4.19. The third-order valence-electron chi connectivity index (χ3n) is 1.70. The number of nitrogens with one attached hydrogen (secondary N) is 1. The van der Waals surface area contributed by atoms with E-state index in [0.717, 1.165) is 28.3 Å². The van der Waals surface area contributed by atoms with E-state index in [1.54, 1.807) is 0 Å². The van der Waals surface area contributed by atoms with Crippen LogP contribution < -0.4 is 5.32 Å². The molecule has 0 aliphatic carbocycles. The summed E-state index contributed by atoms with van der Waals surface area (Å²) in [4.78, 5) is 0. The van der Waals surface area contributed by atoms with E-state index in [1.165, 1.54) is 0 Å². The lowest BCUT2D eigenvalue weighted by Crippen LogP contribution is -2.09. The highest BCUT2D eigenvalue weighted by atomic mass is 79.9. The fourth-order valence-corrected chi connectivity index (χ4v) is 1.78. The molecule has 1 N–H and O–H groups in total. The Morgan fingerprint density at radius 1 is 1.50 bits per heavy atom. The molecule has 0 radical (unpaired) electrons. The van der Waals surface area contributed by atoms with Gasteiger partial charge in [0.25, 0.3) is 0 Å². The zero-order valence-electron chi connectivity index (χ0n) is 8.02. The highest BCUT2D eigenvalue weighted by molar-refractivity contribution is 9.10. The van der Waals surface area contributed by atoms with Crippen LogP contribution in [0.4, 0.5) is 5.69 Å². The summed E-state index contributed by atoms with van der Waals surface area (Å²) < 4.78 is 6.19. The van der Waals surface area contributed by atoms with Crippen molar-refractivity contribution in [3.63, 3.8) is 0 Å².